The number of nitrogens with one attached hydrogen (secondary N) is 1. The van der Waals surface area contributed by atoms with Gasteiger partial charge in [-0.3, -0.25) is 0 Å². The van der Waals surface area contributed by atoms with Crippen LogP contribution in [0.3, 0.4) is 0 Å². The van der Waals surface area contributed by atoms with Gasteiger partial charge < -0.3 is 0 Å². The van der Waals surface area contributed by atoms with E-state index in [0.29, 0.717) is 19.5 Å². The molecule has 0 amide bonds. The lowest BCUT2D eigenvalue weighted by Crippen LogP contribution is -2.43. The molecule has 1 aromatic rings. The van der Waals surface area contributed by atoms with Crippen LogP contribution in [-0.4, -0.2) is 31.2 Å². The minimum absolute atomic E-state index is 0.234. The lowest BCUT2D eigenvalue weighted by Gasteiger charge is -2.23. The van der Waals surface area contributed by atoms with Gasteiger partial charge in [0.1, 0.15) is 0 Å². The van der Waals surface area contributed by atoms with Crippen molar-refractivity contribution in [2.75, 3.05) is 13.1 Å². The summed E-state index contributed by atoms with van der Waals surface area (Å²) in [4.78, 5) is 0. The van der Waals surface area contributed by atoms with Crippen LogP contribution >= 0.6 is 11.6 Å². The van der Waals surface area contributed by atoms with Crippen molar-refractivity contribution < 1.29 is 8.42 Å². The summed E-state index contributed by atoms with van der Waals surface area (Å²) in [7, 11) is -3.48. The minimum atomic E-state index is -3.48. The Morgan fingerprint density at radius 2 is 1.95 bits per heavy atom. The number of hydrogen-bond donors (Lipinski definition) is 1. The van der Waals surface area contributed by atoms with Gasteiger partial charge in [0.2, 0.25) is 0 Å². The molecule has 2 atom stereocenters. The third-order valence-corrected chi connectivity index (χ3v) is 5.64. The van der Waals surface area contributed by atoms with Crippen LogP contribution in [0.2, 0.25) is 0 Å². The Hall–Kier alpha value is -0.620. The van der Waals surface area contributed by atoms with Gasteiger partial charge in [-0.15, -0.1) is 11.6 Å². The van der Waals surface area contributed by atoms with Crippen molar-refractivity contribution in [3.05, 3.63) is 35.4 Å². The van der Waals surface area contributed by atoms with E-state index in [0.717, 1.165) is 11.1 Å². The Morgan fingerprint density at radius 1 is 1.32 bits per heavy atom. The van der Waals surface area contributed by atoms with Crippen molar-refractivity contribution in [1.29, 1.82) is 0 Å². The molecule has 0 aromatic heterocycles. The summed E-state index contributed by atoms with van der Waals surface area (Å²) in [6.07, 6.45) is 0.698. The smallest absolute Gasteiger partial charge is 0.195 e. The van der Waals surface area contributed by atoms with Crippen molar-refractivity contribution in [3.8, 4) is 0 Å². The van der Waals surface area contributed by atoms with Gasteiger partial charge in [0.05, 0.1) is 11.4 Å². The molecule has 0 aliphatic heterocycles. The second-order valence-electron chi connectivity index (χ2n) is 4.60. The molecule has 2 rings (SSSR count). The molecule has 1 N–H and O–H groups in total. The molecule has 0 saturated carbocycles. The van der Waals surface area contributed by atoms with Crippen LogP contribution in [-0.2, 0) is 16.6 Å². The van der Waals surface area contributed by atoms with E-state index in [4.69, 9.17) is 11.6 Å². The van der Waals surface area contributed by atoms with Crippen molar-refractivity contribution in [1.82, 2.24) is 9.03 Å². The monoisotopic (exact) mass is 302 g/mol. The van der Waals surface area contributed by atoms with Gasteiger partial charge in [-0.05, 0) is 17.5 Å². The molecule has 1 aliphatic carbocycles. The third kappa shape index (κ3) is 2.94. The average molecular weight is 303 g/mol. The van der Waals surface area contributed by atoms with Crippen molar-refractivity contribution >= 4 is 21.8 Å². The van der Waals surface area contributed by atoms with Crippen LogP contribution < -0.4 is 4.72 Å². The second-order valence-corrected chi connectivity index (χ2v) is 6.87. The first-order valence-electron chi connectivity index (χ1n) is 6.48. The molecule has 0 saturated heterocycles. The molecule has 19 heavy (non-hydrogen) atoms. The van der Waals surface area contributed by atoms with Crippen LogP contribution in [0.1, 0.15) is 31.0 Å². The van der Waals surface area contributed by atoms with Gasteiger partial charge in [0.25, 0.3) is 10.2 Å². The van der Waals surface area contributed by atoms with Crippen LogP contribution in [0.15, 0.2) is 24.3 Å². The van der Waals surface area contributed by atoms with Crippen LogP contribution in [0.25, 0.3) is 0 Å². The van der Waals surface area contributed by atoms with Gasteiger partial charge in [-0.1, -0.05) is 38.1 Å². The summed E-state index contributed by atoms with van der Waals surface area (Å²) >= 11 is 6.30. The fraction of sp³-hybridized carbons (Fsp3) is 0.538. The standard InChI is InChI=1S/C13H19ClN2O2S/c1-3-16(4-2)19(17,18)15-13-11-8-6-5-7-10(11)9-12(13)14/h5-8,12-13,15H,3-4,9H2,1-2H3. The van der Waals surface area contributed by atoms with E-state index >= 15 is 0 Å². The summed E-state index contributed by atoms with van der Waals surface area (Å²) in [5.41, 5.74) is 2.10. The predicted octanol–water partition coefficient (Wildman–Crippen LogP) is 2.07. The Kier molecular flexibility index (Phi) is 4.50. The molecule has 0 spiro atoms. The van der Waals surface area contributed by atoms with E-state index in [9.17, 15) is 8.42 Å². The molecule has 106 valence electrons. The SMILES string of the molecule is CCN(CC)S(=O)(=O)NC1c2ccccc2CC1Cl. The molecule has 1 aromatic carbocycles. The van der Waals surface area contributed by atoms with Crippen LogP contribution in [0, 0.1) is 0 Å². The number of benzene rings is 1. The summed E-state index contributed by atoms with van der Waals surface area (Å²) in [5.74, 6) is 0. The zero-order valence-electron chi connectivity index (χ0n) is 11.1. The van der Waals surface area contributed by atoms with Gasteiger partial charge in [-0.25, -0.2) is 0 Å². The third-order valence-electron chi connectivity index (χ3n) is 3.49. The second kappa shape index (κ2) is 5.79. The number of nitrogens with zero attached hydrogens (tertiary/aromatic N) is 1. The van der Waals surface area contributed by atoms with E-state index in [1.165, 1.54) is 4.31 Å². The summed E-state index contributed by atoms with van der Waals surface area (Å²) in [5, 5.41) is -0.234. The summed E-state index contributed by atoms with van der Waals surface area (Å²) in [6.45, 7) is 4.55. The topological polar surface area (TPSA) is 49.4 Å². The van der Waals surface area contributed by atoms with Gasteiger partial charge in [0, 0.05) is 13.1 Å². The zero-order chi connectivity index (χ0) is 14.0. The highest BCUT2D eigenvalue weighted by molar-refractivity contribution is 7.87. The number of alkyl halides is 1. The quantitative estimate of drug-likeness (QED) is 0.847. The van der Waals surface area contributed by atoms with E-state index in [-0.39, 0.29) is 11.4 Å². The first-order chi connectivity index (χ1) is 8.99. The van der Waals surface area contributed by atoms with Gasteiger partial charge in [0.15, 0.2) is 0 Å². The summed E-state index contributed by atoms with van der Waals surface area (Å²) in [6, 6.07) is 7.45. The molecule has 0 radical (unpaired) electrons. The average Bonchev–Trinajstić information content (AvgIpc) is 2.67. The highest BCUT2D eigenvalue weighted by atomic mass is 35.5. The minimum Gasteiger partial charge on any atom is -0.195 e. The van der Waals surface area contributed by atoms with E-state index in [1.54, 1.807) is 0 Å². The van der Waals surface area contributed by atoms with Gasteiger partial charge >= 0.3 is 0 Å². The Balaban J connectivity index is 2.24. The Labute approximate surface area is 119 Å². The largest absolute Gasteiger partial charge is 0.280 e. The molecule has 1 aliphatic rings. The fourth-order valence-corrected chi connectivity index (χ4v) is 4.36. The van der Waals surface area contributed by atoms with Crippen molar-refractivity contribution in [2.24, 2.45) is 0 Å². The van der Waals surface area contributed by atoms with Crippen LogP contribution in [0.4, 0.5) is 0 Å². The van der Waals surface area contributed by atoms with Crippen molar-refractivity contribution in [3.63, 3.8) is 0 Å². The molecule has 0 bridgehead atoms. The highest BCUT2D eigenvalue weighted by Crippen LogP contribution is 2.35. The molecule has 4 nitrogen and oxygen atoms in total. The first kappa shape index (κ1) is 14.8. The molecule has 2 unspecified atom stereocenters. The maximum absolute atomic E-state index is 12.3. The Bertz CT molecular complexity index is 543. The maximum atomic E-state index is 12.3. The molecule has 0 heterocycles. The molecular formula is C13H19ClN2O2S. The number of halogens is 1. The zero-order valence-corrected chi connectivity index (χ0v) is 12.7. The van der Waals surface area contributed by atoms with Crippen LogP contribution in [0.5, 0.6) is 0 Å². The first-order valence-corrected chi connectivity index (χ1v) is 8.36. The van der Waals surface area contributed by atoms with E-state index in [2.05, 4.69) is 4.72 Å². The lowest BCUT2D eigenvalue weighted by atomic mass is 10.1. The maximum Gasteiger partial charge on any atom is 0.280 e. The normalized spacial score (nSPS) is 22.7. The summed E-state index contributed by atoms with van der Waals surface area (Å²) < 4.78 is 28.7. The molecule has 6 heteroatoms. The molecule has 0 fully saturated rings. The van der Waals surface area contributed by atoms with Crippen molar-refractivity contribution in [2.45, 2.75) is 31.7 Å². The number of hydrogen-bond acceptors (Lipinski definition) is 2. The Morgan fingerprint density at radius 3 is 2.58 bits per heavy atom. The highest BCUT2D eigenvalue weighted by Gasteiger charge is 2.35. The lowest BCUT2D eigenvalue weighted by molar-refractivity contribution is 0.426. The van der Waals surface area contributed by atoms with E-state index < -0.39 is 10.2 Å². The molecular weight excluding hydrogens is 284 g/mol. The number of fused-ring (bicyclic) bond motifs is 1. The predicted molar refractivity (Wildman–Crippen MR) is 77.5 cm³/mol. The number of rotatable bonds is 5. The van der Waals surface area contributed by atoms with E-state index in [1.807, 2.05) is 38.1 Å². The van der Waals surface area contributed by atoms with Gasteiger partial charge in [-0.2, -0.15) is 17.4 Å². The fourth-order valence-electron chi connectivity index (χ4n) is 2.48.